The Balaban J connectivity index is 3.30. The van der Waals surface area contributed by atoms with E-state index >= 15 is 0 Å². The van der Waals surface area contributed by atoms with Crippen molar-refractivity contribution >= 4 is 17.9 Å². The first kappa shape index (κ1) is 26.0. The molecule has 1 aromatic rings. The second-order valence-corrected chi connectivity index (χ2v) is 9.35. The average Bonchev–Trinajstić information content (AvgIpc) is 2.58. The number of rotatable bonds is 7. The molecule has 172 valence electrons. The molecule has 0 heterocycles. The van der Waals surface area contributed by atoms with E-state index in [2.05, 4.69) is 17.2 Å². The number of carbonyl (C=O) groups excluding carboxylic acids is 3. The lowest BCUT2D eigenvalue weighted by Crippen LogP contribution is -2.53. The van der Waals surface area contributed by atoms with E-state index in [1.807, 2.05) is 20.8 Å². The quantitative estimate of drug-likeness (QED) is 0.572. The summed E-state index contributed by atoms with van der Waals surface area (Å²) in [6.07, 6.45) is 0.736. The molecule has 0 bridgehead atoms. The topological polar surface area (TPSA) is 108 Å². The lowest BCUT2D eigenvalue weighted by atomic mass is 10.00. The second-order valence-electron chi connectivity index (χ2n) is 9.35. The maximum absolute atomic E-state index is 13.3. The molecule has 0 aliphatic heterocycles. The predicted octanol–water partition coefficient (Wildman–Crippen LogP) is 3.28. The Labute approximate surface area is 184 Å². The highest BCUT2D eigenvalue weighted by atomic mass is 16.6. The zero-order valence-electron chi connectivity index (χ0n) is 19.5. The van der Waals surface area contributed by atoms with Gasteiger partial charge >= 0.3 is 6.09 Å². The third-order valence-corrected chi connectivity index (χ3v) is 4.00. The summed E-state index contributed by atoms with van der Waals surface area (Å²) in [5.74, 6) is -1.11. The van der Waals surface area contributed by atoms with Crippen LogP contribution < -0.4 is 10.6 Å². The molecule has 0 fully saturated rings. The van der Waals surface area contributed by atoms with Crippen molar-refractivity contribution in [2.45, 2.75) is 71.7 Å². The molecule has 0 aliphatic rings. The van der Waals surface area contributed by atoms with Gasteiger partial charge < -0.3 is 25.4 Å². The number of nitrogens with one attached hydrogen (secondary N) is 2. The van der Waals surface area contributed by atoms with E-state index in [0.717, 1.165) is 0 Å². The first-order valence-electron chi connectivity index (χ1n) is 10.2. The van der Waals surface area contributed by atoms with Gasteiger partial charge in [0.25, 0.3) is 0 Å². The number of carbonyl (C=O) groups is 3. The maximum atomic E-state index is 13.3. The molecule has 3 amide bonds. The molecular formula is C23H35N3O5. The Morgan fingerprint density at radius 2 is 1.74 bits per heavy atom. The summed E-state index contributed by atoms with van der Waals surface area (Å²) in [6, 6.07) is 4.22. The molecule has 2 unspecified atom stereocenters. The molecule has 0 saturated heterocycles. The summed E-state index contributed by atoms with van der Waals surface area (Å²) in [5.41, 5.74) is -1.02. The Morgan fingerprint density at radius 1 is 1.16 bits per heavy atom. The number of para-hydroxylation sites is 1. The van der Waals surface area contributed by atoms with Crippen molar-refractivity contribution in [1.82, 2.24) is 15.5 Å². The van der Waals surface area contributed by atoms with E-state index in [4.69, 9.17) is 4.74 Å². The van der Waals surface area contributed by atoms with Crippen LogP contribution in [0.3, 0.4) is 0 Å². The lowest BCUT2D eigenvalue weighted by molar-refractivity contribution is -0.142. The third kappa shape index (κ3) is 8.32. The van der Waals surface area contributed by atoms with Crippen LogP contribution in [0.25, 0.3) is 0 Å². The zero-order chi connectivity index (χ0) is 24.0. The van der Waals surface area contributed by atoms with Crippen LogP contribution in [0.1, 0.15) is 60.1 Å². The van der Waals surface area contributed by atoms with Gasteiger partial charge in [0, 0.05) is 17.6 Å². The van der Waals surface area contributed by atoms with Gasteiger partial charge in [0.1, 0.15) is 23.4 Å². The Kier molecular flexibility index (Phi) is 8.66. The minimum Gasteiger partial charge on any atom is -0.508 e. The molecule has 31 heavy (non-hydrogen) atoms. The van der Waals surface area contributed by atoms with Crippen LogP contribution in [0.4, 0.5) is 4.79 Å². The number of aromatic hydroxyl groups is 1. The van der Waals surface area contributed by atoms with Crippen LogP contribution in [0.5, 0.6) is 5.75 Å². The van der Waals surface area contributed by atoms with Crippen molar-refractivity contribution in [1.29, 1.82) is 0 Å². The molecule has 8 nitrogen and oxygen atoms in total. The molecule has 0 spiro atoms. The number of amides is 3. The first-order valence-corrected chi connectivity index (χ1v) is 10.2. The van der Waals surface area contributed by atoms with Crippen molar-refractivity contribution in [2.24, 2.45) is 0 Å². The molecule has 0 radical (unpaired) electrons. The average molecular weight is 434 g/mol. The minimum absolute atomic E-state index is 0.0235. The van der Waals surface area contributed by atoms with Gasteiger partial charge in [-0.1, -0.05) is 24.3 Å². The van der Waals surface area contributed by atoms with E-state index in [9.17, 15) is 19.5 Å². The van der Waals surface area contributed by atoms with Gasteiger partial charge in [-0.2, -0.15) is 0 Å². The smallest absolute Gasteiger partial charge is 0.408 e. The standard InChI is InChI=1S/C23H35N3O5/c1-9-14-26(20(29)15(2)24-21(30)31-23(6,7)8)18(19(28)25-22(3,4)5)16-12-10-11-13-17(16)27/h9-13,15,18,27H,1,14H2,2-8H3,(H,24,30)(H,25,28). The van der Waals surface area contributed by atoms with E-state index in [1.54, 1.807) is 39.0 Å². The minimum atomic E-state index is -1.13. The van der Waals surface area contributed by atoms with Gasteiger partial charge in [0.05, 0.1) is 0 Å². The summed E-state index contributed by atoms with van der Waals surface area (Å²) in [6.45, 7) is 15.8. The van der Waals surface area contributed by atoms with Crippen molar-refractivity contribution in [3.8, 4) is 5.75 Å². The summed E-state index contributed by atoms with van der Waals surface area (Å²) < 4.78 is 5.22. The number of hydrogen-bond donors (Lipinski definition) is 3. The molecule has 0 aromatic heterocycles. The predicted molar refractivity (Wildman–Crippen MR) is 119 cm³/mol. The highest BCUT2D eigenvalue weighted by Crippen LogP contribution is 2.30. The molecule has 1 rings (SSSR count). The highest BCUT2D eigenvalue weighted by molar-refractivity contribution is 5.92. The Hall–Kier alpha value is -3.03. The van der Waals surface area contributed by atoms with Crippen LogP contribution in [0.15, 0.2) is 36.9 Å². The number of ether oxygens (including phenoxy) is 1. The SMILES string of the molecule is C=CCN(C(=O)C(C)NC(=O)OC(C)(C)C)C(C(=O)NC(C)(C)C)c1ccccc1O. The normalized spacial score (nSPS) is 13.5. The number of benzene rings is 1. The molecule has 1 aromatic carbocycles. The van der Waals surface area contributed by atoms with Crippen LogP contribution >= 0.6 is 0 Å². The van der Waals surface area contributed by atoms with Gasteiger partial charge in [0.2, 0.25) is 11.8 Å². The van der Waals surface area contributed by atoms with Crippen molar-refractivity contribution in [3.63, 3.8) is 0 Å². The molecule has 2 atom stereocenters. The summed E-state index contributed by atoms with van der Waals surface area (Å²) in [5, 5.41) is 15.8. The van der Waals surface area contributed by atoms with Crippen LogP contribution in [-0.2, 0) is 14.3 Å². The fraction of sp³-hybridized carbons (Fsp3) is 0.522. The fourth-order valence-corrected chi connectivity index (χ4v) is 2.86. The van der Waals surface area contributed by atoms with Gasteiger partial charge in [0.15, 0.2) is 0 Å². The summed E-state index contributed by atoms with van der Waals surface area (Å²) >= 11 is 0. The largest absolute Gasteiger partial charge is 0.508 e. The van der Waals surface area contributed by atoms with Gasteiger partial charge in [-0.15, -0.1) is 6.58 Å². The van der Waals surface area contributed by atoms with Crippen LogP contribution in [-0.4, -0.2) is 51.6 Å². The van der Waals surface area contributed by atoms with Gasteiger partial charge in [-0.25, -0.2) is 4.79 Å². The highest BCUT2D eigenvalue weighted by Gasteiger charge is 2.36. The number of alkyl carbamates (subject to hydrolysis) is 1. The van der Waals surface area contributed by atoms with Gasteiger partial charge in [-0.3, -0.25) is 9.59 Å². The summed E-state index contributed by atoms with van der Waals surface area (Å²) in [4.78, 5) is 39.9. The van der Waals surface area contributed by atoms with Crippen LogP contribution in [0.2, 0.25) is 0 Å². The molecule has 8 heteroatoms. The molecule has 0 saturated carbocycles. The Morgan fingerprint density at radius 3 is 2.23 bits per heavy atom. The van der Waals surface area contributed by atoms with E-state index in [0.29, 0.717) is 0 Å². The third-order valence-electron chi connectivity index (χ3n) is 4.00. The number of nitrogens with zero attached hydrogens (tertiary/aromatic N) is 1. The molecular weight excluding hydrogens is 398 g/mol. The molecule has 0 aliphatic carbocycles. The zero-order valence-corrected chi connectivity index (χ0v) is 19.5. The van der Waals surface area contributed by atoms with Crippen molar-refractivity contribution in [2.75, 3.05) is 6.54 Å². The monoisotopic (exact) mass is 433 g/mol. The number of phenolic OH excluding ortho intramolecular Hbond substituents is 1. The fourth-order valence-electron chi connectivity index (χ4n) is 2.86. The lowest BCUT2D eigenvalue weighted by Gasteiger charge is -2.35. The number of phenols is 1. The van der Waals surface area contributed by atoms with E-state index in [1.165, 1.54) is 24.0 Å². The van der Waals surface area contributed by atoms with Crippen molar-refractivity contribution < 1.29 is 24.2 Å². The van der Waals surface area contributed by atoms with Gasteiger partial charge in [-0.05, 0) is 54.5 Å². The molecule has 3 N–H and O–H groups in total. The first-order chi connectivity index (χ1) is 14.2. The maximum Gasteiger partial charge on any atom is 0.408 e. The Bertz CT molecular complexity index is 808. The second kappa shape index (κ2) is 10.3. The summed E-state index contributed by atoms with van der Waals surface area (Å²) in [7, 11) is 0. The van der Waals surface area contributed by atoms with E-state index in [-0.39, 0.29) is 17.9 Å². The number of hydrogen-bond acceptors (Lipinski definition) is 5. The van der Waals surface area contributed by atoms with Crippen LogP contribution in [0, 0.1) is 0 Å². The van der Waals surface area contributed by atoms with Crippen molar-refractivity contribution in [3.05, 3.63) is 42.5 Å². The van der Waals surface area contributed by atoms with E-state index < -0.39 is 41.1 Å².